The summed E-state index contributed by atoms with van der Waals surface area (Å²) >= 11 is 0. The summed E-state index contributed by atoms with van der Waals surface area (Å²) in [7, 11) is 0. The Balaban J connectivity index is 1.60. The number of hydrogen-bond donors (Lipinski definition) is 2. The molecule has 130 valence electrons. The predicted molar refractivity (Wildman–Crippen MR) is 90.2 cm³/mol. The minimum atomic E-state index is -0.534. The number of rotatable bonds is 3. The Labute approximate surface area is 141 Å². The summed E-state index contributed by atoms with van der Waals surface area (Å²) in [4.78, 5) is 26.6. The molecule has 5 nitrogen and oxygen atoms in total. The molecule has 2 fully saturated rings. The number of anilines is 1. The van der Waals surface area contributed by atoms with Crippen LogP contribution in [0.3, 0.4) is 0 Å². The second kappa shape index (κ2) is 7.64. The zero-order valence-electron chi connectivity index (χ0n) is 13.8. The third-order valence-corrected chi connectivity index (χ3v) is 4.88. The molecule has 2 aliphatic rings. The molecule has 1 aliphatic carbocycles. The van der Waals surface area contributed by atoms with Crippen molar-refractivity contribution in [1.82, 2.24) is 10.2 Å². The standard InChI is InChI=1S/C18H24FN3O2/c19-14-9-4-5-10-15(14)21-17(23)16-11-6-12-22(16)18(24)20-13-7-2-1-3-8-13/h4-5,9-10,13,16H,1-3,6-8,11-12H2,(H,20,24)(H,21,23). The maximum atomic E-state index is 13.7. The largest absolute Gasteiger partial charge is 0.335 e. The molecule has 3 rings (SSSR count). The van der Waals surface area contributed by atoms with Crippen molar-refractivity contribution in [2.24, 2.45) is 0 Å². The normalized spacial score (nSPS) is 21.5. The molecule has 1 saturated carbocycles. The average molecular weight is 333 g/mol. The van der Waals surface area contributed by atoms with Gasteiger partial charge in [0.25, 0.3) is 0 Å². The first-order chi connectivity index (χ1) is 11.6. The van der Waals surface area contributed by atoms with E-state index in [4.69, 9.17) is 0 Å². The molecule has 6 heteroatoms. The molecule has 2 N–H and O–H groups in total. The van der Waals surface area contributed by atoms with Gasteiger partial charge in [-0.2, -0.15) is 0 Å². The molecule has 1 aromatic carbocycles. The van der Waals surface area contributed by atoms with Crippen LogP contribution in [-0.4, -0.2) is 35.5 Å². The van der Waals surface area contributed by atoms with Crippen molar-refractivity contribution in [3.63, 3.8) is 0 Å². The van der Waals surface area contributed by atoms with Crippen molar-refractivity contribution in [2.45, 2.75) is 57.0 Å². The first-order valence-electron chi connectivity index (χ1n) is 8.77. The number of halogens is 1. The van der Waals surface area contributed by atoms with Crippen LogP contribution in [0, 0.1) is 5.82 Å². The lowest BCUT2D eigenvalue weighted by atomic mass is 9.96. The fraction of sp³-hybridized carbons (Fsp3) is 0.556. The number of carbonyl (C=O) groups is 2. The van der Waals surface area contributed by atoms with Crippen molar-refractivity contribution in [3.05, 3.63) is 30.1 Å². The molecule has 0 aromatic heterocycles. The highest BCUT2D eigenvalue weighted by Gasteiger charge is 2.35. The van der Waals surface area contributed by atoms with Crippen LogP contribution in [0.2, 0.25) is 0 Å². The van der Waals surface area contributed by atoms with E-state index in [0.29, 0.717) is 13.0 Å². The second-order valence-electron chi connectivity index (χ2n) is 6.60. The molecular formula is C18H24FN3O2. The summed E-state index contributed by atoms with van der Waals surface area (Å²) < 4.78 is 13.7. The number of likely N-dealkylation sites (tertiary alicyclic amines) is 1. The molecule has 0 bridgehead atoms. The summed E-state index contributed by atoms with van der Waals surface area (Å²) in [5.74, 6) is -0.793. The Hall–Kier alpha value is -2.11. The Morgan fingerprint density at radius 3 is 2.54 bits per heavy atom. The number of amides is 3. The number of nitrogens with one attached hydrogen (secondary N) is 2. The van der Waals surface area contributed by atoms with Gasteiger partial charge in [-0.1, -0.05) is 31.4 Å². The number of urea groups is 1. The number of nitrogens with zero attached hydrogens (tertiary/aromatic N) is 1. The lowest BCUT2D eigenvalue weighted by Gasteiger charge is -2.29. The van der Waals surface area contributed by atoms with Crippen LogP contribution in [0.5, 0.6) is 0 Å². The SMILES string of the molecule is O=C(Nc1ccccc1F)C1CCCN1C(=O)NC1CCCCC1. The Bertz CT molecular complexity index is 602. The number of para-hydroxylation sites is 1. The van der Waals surface area contributed by atoms with E-state index in [9.17, 15) is 14.0 Å². The van der Waals surface area contributed by atoms with E-state index in [1.807, 2.05) is 0 Å². The topological polar surface area (TPSA) is 61.4 Å². The van der Waals surface area contributed by atoms with Crippen LogP contribution in [-0.2, 0) is 4.79 Å². The molecule has 1 atom stereocenters. The summed E-state index contributed by atoms with van der Waals surface area (Å²) in [5, 5.41) is 5.66. The smallest absolute Gasteiger partial charge is 0.318 e. The average Bonchev–Trinajstić information content (AvgIpc) is 3.08. The van der Waals surface area contributed by atoms with Crippen LogP contribution < -0.4 is 10.6 Å². The van der Waals surface area contributed by atoms with Crippen molar-refractivity contribution in [2.75, 3.05) is 11.9 Å². The van der Waals surface area contributed by atoms with Crippen molar-refractivity contribution in [3.8, 4) is 0 Å². The van der Waals surface area contributed by atoms with Gasteiger partial charge in [0, 0.05) is 12.6 Å². The van der Waals surface area contributed by atoms with Crippen LogP contribution in [0.1, 0.15) is 44.9 Å². The van der Waals surface area contributed by atoms with Gasteiger partial charge in [-0.3, -0.25) is 4.79 Å². The van der Waals surface area contributed by atoms with E-state index in [0.717, 1.165) is 32.1 Å². The van der Waals surface area contributed by atoms with E-state index >= 15 is 0 Å². The van der Waals surface area contributed by atoms with Crippen LogP contribution in [0.4, 0.5) is 14.9 Å². The van der Waals surface area contributed by atoms with Gasteiger partial charge >= 0.3 is 6.03 Å². The molecule has 1 saturated heterocycles. The van der Waals surface area contributed by atoms with E-state index in [-0.39, 0.29) is 23.7 Å². The van der Waals surface area contributed by atoms with E-state index in [2.05, 4.69) is 10.6 Å². The molecule has 3 amide bonds. The number of carbonyl (C=O) groups excluding carboxylic acids is 2. The molecule has 24 heavy (non-hydrogen) atoms. The summed E-state index contributed by atoms with van der Waals surface area (Å²) in [6.45, 7) is 0.563. The predicted octanol–water partition coefficient (Wildman–Crippen LogP) is 3.27. The quantitative estimate of drug-likeness (QED) is 0.892. The monoisotopic (exact) mass is 333 g/mol. The lowest BCUT2D eigenvalue weighted by Crippen LogP contribution is -2.50. The molecule has 1 aliphatic heterocycles. The van der Waals surface area contributed by atoms with Gasteiger partial charge in [0.1, 0.15) is 11.9 Å². The molecule has 1 unspecified atom stereocenters. The van der Waals surface area contributed by atoms with Gasteiger partial charge < -0.3 is 15.5 Å². The fourth-order valence-corrected chi connectivity index (χ4v) is 3.57. The Kier molecular flexibility index (Phi) is 5.33. The van der Waals surface area contributed by atoms with Gasteiger partial charge in [0.05, 0.1) is 5.69 Å². The van der Waals surface area contributed by atoms with Crippen molar-refractivity contribution in [1.29, 1.82) is 0 Å². The van der Waals surface area contributed by atoms with Crippen molar-refractivity contribution < 1.29 is 14.0 Å². The first-order valence-corrected chi connectivity index (χ1v) is 8.77. The van der Waals surface area contributed by atoms with Gasteiger partial charge in [-0.15, -0.1) is 0 Å². The molecule has 1 aromatic rings. The maximum absolute atomic E-state index is 13.7. The zero-order chi connectivity index (χ0) is 16.9. The lowest BCUT2D eigenvalue weighted by molar-refractivity contribution is -0.119. The zero-order valence-corrected chi connectivity index (χ0v) is 13.8. The highest BCUT2D eigenvalue weighted by Crippen LogP contribution is 2.22. The van der Waals surface area contributed by atoms with Crippen molar-refractivity contribution >= 4 is 17.6 Å². The third-order valence-electron chi connectivity index (χ3n) is 4.88. The molecule has 1 heterocycles. The highest BCUT2D eigenvalue weighted by molar-refractivity contribution is 5.97. The molecule has 0 spiro atoms. The van der Waals surface area contributed by atoms with Crippen LogP contribution >= 0.6 is 0 Å². The summed E-state index contributed by atoms with van der Waals surface area (Å²) in [6, 6.07) is 5.57. The van der Waals surface area contributed by atoms with E-state index in [1.54, 1.807) is 17.0 Å². The minimum Gasteiger partial charge on any atom is -0.335 e. The van der Waals surface area contributed by atoms with E-state index < -0.39 is 11.9 Å². The summed E-state index contributed by atoms with van der Waals surface area (Å²) in [5.41, 5.74) is 0.155. The minimum absolute atomic E-state index is 0.155. The van der Waals surface area contributed by atoms with Crippen LogP contribution in [0.15, 0.2) is 24.3 Å². The number of benzene rings is 1. The van der Waals surface area contributed by atoms with Gasteiger partial charge in [-0.25, -0.2) is 9.18 Å². The Morgan fingerprint density at radius 1 is 1.04 bits per heavy atom. The fourth-order valence-electron chi connectivity index (χ4n) is 3.57. The molecule has 0 radical (unpaired) electrons. The first kappa shape index (κ1) is 16.7. The van der Waals surface area contributed by atoms with Crippen LogP contribution in [0.25, 0.3) is 0 Å². The third kappa shape index (κ3) is 3.86. The second-order valence-corrected chi connectivity index (χ2v) is 6.60. The van der Waals surface area contributed by atoms with E-state index in [1.165, 1.54) is 18.6 Å². The highest BCUT2D eigenvalue weighted by atomic mass is 19.1. The van der Waals surface area contributed by atoms with Gasteiger partial charge in [-0.05, 0) is 37.8 Å². The maximum Gasteiger partial charge on any atom is 0.318 e. The van der Waals surface area contributed by atoms with Gasteiger partial charge in [0.2, 0.25) is 5.91 Å². The Morgan fingerprint density at radius 2 is 1.79 bits per heavy atom. The van der Waals surface area contributed by atoms with Gasteiger partial charge in [0.15, 0.2) is 0 Å². The number of hydrogen-bond acceptors (Lipinski definition) is 2. The summed E-state index contributed by atoms with van der Waals surface area (Å²) in [6.07, 6.45) is 6.91. The molecular weight excluding hydrogens is 309 g/mol.